The number of ether oxygens (including phenoxy) is 1. The molecule has 1 N–H and O–H groups in total. The smallest absolute Gasteiger partial charge is 0.130 e. The van der Waals surface area contributed by atoms with Crippen molar-refractivity contribution in [1.29, 1.82) is 0 Å². The number of nitrogens with one attached hydrogen (secondary N) is 1. The molecule has 0 spiro atoms. The van der Waals surface area contributed by atoms with Gasteiger partial charge in [-0.05, 0) is 73.8 Å². The summed E-state index contributed by atoms with van der Waals surface area (Å²) >= 11 is 3.47. The van der Waals surface area contributed by atoms with E-state index >= 15 is 0 Å². The second-order valence-electron chi connectivity index (χ2n) is 5.28. The predicted molar refractivity (Wildman–Crippen MR) is 92.1 cm³/mol. The van der Waals surface area contributed by atoms with Crippen molar-refractivity contribution in [1.82, 2.24) is 5.32 Å². The van der Waals surface area contributed by atoms with Crippen LogP contribution in [0.15, 0.2) is 40.9 Å². The lowest BCUT2D eigenvalue weighted by Crippen LogP contribution is -2.14. The molecule has 21 heavy (non-hydrogen) atoms. The molecular formula is C18H22BrNO. The van der Waals surface area contributed by atoms with Gasteiger partial charge in [0, 0.05) is 11.0 Å². The van der Waals surface area contributed by atoms with E-state index in [2.05, 4.69) is 60.2 Å². The first kappa shape index (κ1) is 16.1. The minimum absolute atomic E-state index is 0.886. The van der Waals surface area contributed by atoms with Crippen molar-refractivity contribution in [2.24, 2.45) is 0 Å². The summed E-state index contributed by atoms with van der Waals surface area (Å²) in [5.74, 6) is 1.78. The molecule has 0 atom stereocenters. The quantitative estimate of drug-likeness (QED) is 0.710. The summed E-state index contributed by atoms with van der Waals surface area (Å²) in [5, 5.41) is 3.43. The average Bonchev–Trinajstić information content (AvgIpc) is 2.44. The van der Waals surface area contributed by atoms with Crippen LogP contribution in [-0.2, 0) is 6.54 Å². The van der Waals surface area contributed by atoms with Gasteiger partial charge in [-0.25, -0.2) is 0 Å². The van der Waals surface area contributed by atoms with Gasteiger partial charge in [0.15, 0.2) is 0 Å². The summed E-state index contributed by atoms with van der Waals surface area (Å²) in [6.07, 6.45) is 1.16. The van der Waals surface area contributed by atoms with Crippen LogP contribution in [0.4, 0.5) is 0 Å². The highest BCUT2D eigenvalue weighted by Crippen LogP contribution is 2.28. The molecule has 0 radical (unpaired) electrons. The Kier molecular flexibility index (Phi) is 5.83. The summed E-state index contributed by atoms with van der Waals surface area (Å²) in [7, 11) is 0. The topological polar surface area (TPSA) is 21.3 Å². The molecule has 2 rings (SSSR count). The molecule has 0 unspecified atom stereocenters. The maximum atomic E-state index is 5.98. The molecule has 112 valence electrons. The summed E-state index contributed by atoms with van der Waals surface area (Å²) in [6, 6.07) is 12.3. The summed E-state index contributed by atoms with van der Waals surface area (Å²) < 4.78 is 7.05. The standard InChI is InChI=1S/C18H22BrNO/c1-4-9-20-12-15-5-7-17(11-13(15)2)21-18-8-6-16(19)10-14(18)3/h5-8,10-11,20H,4,9,12H2,1-3H3. The number of aryl methyl sites for hydroxylation is 2. The van der Waals surface area contributed by atoms with Crippen LogP contribution in [0.2, 0.25) is 0 Å². The normalized spacial score (nSPS) is 10.7. The molecule has 0 aliphatic heterocycles. The third-order valence-corrected chi connectivity index (χ3v) is 3.91. The summed E-state index contributed by atoms with van der Waals surface area (Å²) in [5.41, 5.74) is 3.70. The minimum Gasteiger partial charge on any atom is -0.457 e. The lowest BCUT2D eigenvalue weighted by Gasteiger charge is -2.12. The predicted octanol–water partition coefficient (Wildman–Crippen LogP) is 5.36. The second kappa shape index (κ2) is 7.62. The molecule has 0 saturated heterocycles. The molecule has 2 aromatic carbocycles. The molecule has 2 nitrogen and oxygen atoms in total. The fourth-order valence-corrected chi connectivity index (χ4v) is 2.66. The Labute approximate surface area is 135 Å². The third-order valence-electron chi connectivity index (χ3n) is 3.42. The first-order valence-electron chi connectivity index (χ1n) is 7.34. The zero-order valence-corrected chi connectivity index (χ0v) is 14.5. The van der Waals surface area contributed by atoms with Gasteiger partial charge < -0.3 is 10.1 Å². The van der Waals surface area contributed by atoms with Crippen molar-refractivity contribution >= 4 is 15.9 Å². The van der Waals surface area contributed by atoms with Crippen LogP contribution in [0.25, 0.3) is 0 Å². The Hall–Kier alpha value is -1.32. The van der Waals surface area contributed by atoms with Gasteiger partial charge in [0.25, 0.3) is 0 Å². The molecule has 2 aromatic rings. The Bertz CT molecular complexity index is 610. The maximum Gasteiger partial charge on any atom is 0.130 e. The van der Waals surface area contributed by atoms with Crippen LogP contribution in [0, 0.1) is 13.8 Å². The fourth-order valence-electron chi connectivity index (χ4n) is 2.18. The Morgan fingerprint density at radius 3 is 2.52 bits per heavy atom. The van der Waals surface area contributed by atoms with E-state index in [0.29, 0.717) is 0 Å². The Morgan fingerprint density at radius 1 is 1.05 bits per heavy atom. The van der Waals surface area contributed by atoms with Crippen LogP contribution >= 0.6 is 15.9 Å². The molecule has 0 bridgehead atoms. The van der Waals surface area contributed by atoms with Crippen LogP contribution in [0.1, 0.15) is 30.0 Å². The molecular weight excluding hydrogens is 326 g/mol. The number of halogens is 1. The Balaban J connectivity index is 2.09. The fraction of sp³-hybridized carbons (Fsp3) is 0.333. The second-order valence-corrected chi connectivity index (χ2v) is 6.19. The largest absolute Gasteiger partial charge is 0.457 e. The van der Waals surface area contributed by atoms with Crippen molar-refractivity contribution in [3.05, 3.63) is 57.6 Å². The maximum absolute atomic E-state index is 5.98. The Morgan fingerprint density at radius 2 is 1.86 bits per heavy atom. The van der Waals surface area contributed by atoms with Crippen molar-refractivity contribution in [3.8, 4) is 11.5 Å². The zero-order valence-electron chi connectivity index (χ0n) is 12.9. The van der Waals surface area contributed by atoms with Gasteiger partial charge in [0.1, 0.15) is 11.5 Å². The van der Waals surface area contributed by atoms with E-state index in [4.69, 9.17) is 4.74 Å². The van der Waals surface area contributed by atoms with E-state index in [1.165, 1.54) is 11.1 Å². The number of hydrogen-bond donors (Lipinski definition) is 1. The minimum atomic E-state index is 0.886. The highest BCUT2D eigenvalue weighted by atomic mass is 79.9. The SMILES string of the molecule is CCCNCc1ccc(Oc2ccc(Br)cc2C)cc1C. The highest BCUT2D eigenvalue weighted by molar-refractivity contribution is 9.10. The zero-order chi connectivity index (χ0) is 15.2. The van der Waals surface area contributed by atoms with Gasteiger partial charge in [-0.1, -0.05) is 28.9 Å². The van der Waals surface area contributed by atoms with Gasteiger partial charge in [-0.2, -0.15) is 0 Å². The van der Waals surface area contributed by atoms with E-state index in [1.807, 2.05) is 18.2 Å². The van der Waals surface area contributed by atoms with Crippen molar-refractivity contribution in [3.63, 3.8) is 0 Å². The van der Waals surface area contributed by atoms with Crippen LogP contribution in [-0.4, -0.2) is 6.54 Å². The van der Waals surface area contributed by atoms with E-state index in [1.54, 1.807) is 0 Å². The number of rotatable bonds is 6. The van der Waals surface area contributed by atoms with Crippen LogP contribution in [0.3, 0.4) is 0 Å². The van der Waals surface area contributed by atoms with Gasteiger partial charge >= 0.3 is 0 Å². The van der Waals surface area contributed by atoms with Crippen LogP contribution < -0.4 is 10.1 Å². The molecule has 0 amide bonds. The van der Waals surface area contributed by atoms with E-state index in [-0.39, 0.29) is 0 Å². The van der Waals surface area contributed by atoms with E-state index < -0.39 is 0 Å². The van der Waals surface area contributed by atoms with Gasteiger partial charge in [0.05, 0.1) is 0 Å². The number of hydrogen-bond acceptors (Lipinski definition) is 2. The van der Waals surface area contributed by atoms with Crippen molar-refractivity contribution in [2.45, 2.75) is 33.7 Å². The molecule has 0 saturated carbocycles. The van der Waals surface area contributed by atoms with Crippen LogP contribution in [0.5, 0.6) is 11.5 Å². The summed E-state index contributed by atoms with van der Waals surface area (Å²) in [4.78, 5) is 0. The monoisotopic (exact) mass is 347 g/mol. The molecule has 0 aliphatic rings. The lowest BCUT2D eigenvalue weighted by molar-refractivity contribution is 0.478. The average molecular weight is 348 g/mol. The van der Waals surface area contributed by atoms with E-state index in [9.17, 15) is 0 Å². The van der Waals surface area contributed by atoms with Crippen molar-refractivity contribution in [2.75, 3.05) is 6.54 Å². The molecule has 0 heterocycles. The van der Waals surface area contributed by atoms with Crippen molar-refractivity contribution < 1.29 is 4.74 Å². The van der Waals surface area contributed by atoms with Gasteiger partial charge in [-0.3, -0.25) is 0 Å². The lowest BCUT2D eigenvalue weighted by atomic mass is 10.1. The first-order valence-corrected chi connectivity index (χ1v) is 8.13. The molecule has 0 aromatic heterocycles. The third kappa shape index (κ3) is 4.58. The van der Waals surface area contributed by atoms with Gasteiger partial charge in [0.2, 0.25) is 0 Å². The molecule has 3 heteroatoms. The van der Waals surface area contributed by atoms with Gasteiger partial charge in [-0.15, -0.1) is 0 Å². The first-order chi connectivity index (χ1) is 10.1. The molecule has 0 aliphatic carbocycles. The highest BCUT2D eigenvalue weighted by Gasteiger charge is 2.04. The van der Waals surface area contributed by atoms with E-state index in [0.717, 1.165) is 41.0 Å². The summed E-state index contributed by atoms with van der Waals surface area (Å²) in [6.45, 7) is 8.32. The molecule has 0 fully saturated rings. The number of benzene rings is 2.